The molecule has 0 saturated heterocycles. The number of anilines is 6. The largest absolute Gasteiger partial charge is 0.399 e. The normalized spacial score (nSPS) is 10.4. The molecule has 432 valence electrons. The molecule has 0 aliphatic carbocycles. The van der Waals surface area contributed by atoms with Crippen molar-refractivity contribution in [2.45, 2.75) is 20.8 Å². The lowest BCUT2D eigenvalue weighted by molar-refractivity contribution is -0.384. The average molecular weight is 1220 g/mol. The highest BCUT2D eigenvalue weighted by Gasteiger charge is 2.28. The molecule has 0 unspecified atom stereocenters. The Morgan fingerprint density at radius 3 is 1.06 bits per heavy atom. The number of nitrogens with one attached hydrogen (secondary N) is 2. The molecule has 3 aromatic heterocycles. The Morgan fingerprint density at radius 1 is 0.443 bits per heavy atom. The quantitative estimate of drug-likeness (QED) is 0.0340. The van der Waals surface area contributed by atoms with Crippen LogP contribution >= 0.6 is 34.8 Å². The molecule has 19 nitrogen and oxygen atoms in total. The Bertz CT molecular complexity index is 4550. The Morgan fingerprint density at radius 2 is 0.739 bits per heavy atom. The van der Waals surface area contributed by atoms with Crippen LogP contribution in [0.3, 0.4) is 0 Å². The first kappa shape index (κ1) is 60.9. The first-order chi connectivity index (χ1) is 42.3. The summed E-state index contributed by atoms with van der Waals surface area (Å²) in [7, 11) is 0. The van der Waals surface area contributed by atoms with E-state index in [1.165, 1.54) is 38.3 Å². The number of nitrogens with two attached hydrogens (primary N) is 2. The lowest BCUT2D eigenvalue weighted by Crippen LogP contribution is -2.05. The summed E-state index contributed by atoms with van der Waals surface area (Å²) in [4.78, 5) is 49.5. The number of halogens is 3. The lowest BCUT2D eigenvalue weighted by atomic mass is 10.0. The standard InChI is InChI=1S/C24H16ClN5O3.C24H18ClN5O.C18H13ClN4O/c1-15-2-4-16(5-3-15)23(31)22-21(14-26)24(27-18-8-12-20(13-9-18)30(32)33)29(28-22)19-10-6-17(25)7-11-19;1-15-2-4-16(5-3-15)23(31)22-21(14-26)24(28-19-10-8-18(27)9-11-19)30(29-22)20-12-6-17(25)7-13-20;1-11-2-4-12(5-3-11)17(24)16-15(10-20)18(21)23(22-16)14-8-6-13(19)7-9-14/h2-13,27H,1H3;2-13,28H,27H2,1H3;2-9H,21H2,1H3. The number of ketones is 3. The van der Waals surface area contributed by atoms with Gasteiger partial charge in [-0.1, -0.05) is 124 Å². The smallest absolute Gasteiger partial charge is 0.269 e. The van der Waals surface area contributed by atoms with E-state index in [1.54, 1.807) is 133 Å². The van der Waals surface area contributed by atoms with Crippen LogP contribution in [0.4, 0.5) is 40.2 Å². The van der Waals surface area contributed by atoms with Gasteiger partial charge in [0.25, 0.3) is 5.69 Å². The molecule has 0 amide bonds. The van der Waals surface area contributed by atoms with Gasteiger partial charge in [-0.25, -0.2) is 14.0 Å². The Balaban J connectivity index is 0.000000159. The van der Waals surface area contributed by atoms with Crippen LogP contribution in [0.1, 0.15) is 81.5 Å². The fraction of sp³-hybridized carbons (Fsp3) is 0.0455. The molecule has 8 aromatic carbocycles. The number of aryl methyl sites for hydroxylation is 3. The van der Waals surface area contributed by atoms with E-state index in [2.05, 4.69) is 38.1 Å². The van der Waals surface area contributed by atoms with Crippen molar-refractivity contribution in [3.05, 3.63) is 286 Å². The second kappa shape index (κ2) is 26.9. The van der Waals surface area contributed by atoms with Crippen LogP contribution in [0.2, 0.25) is 15.1 Å². The number of aromatic nitrogens is 6. The number of nitro benzene ring substituents is 1. The maximum Gasteiger partial charge on any atom is 0.269 e. The molecule has 0 aliphatic heterocycles. The number of nitriles is 3. The highest BCUT2D eigenvalue weighted by molar-refractivity contribution is 6.31. The number of nitrogen functional groups attached to an aromatic ring is 2. The summed E-state index contributed by atoms with van der Waals surface area (Å²) < 4.78 is 4.35. The molecular weight excluding hydrogens is 1180 g/mol. The van der Waals surface area contributed by atoms with Gasteiger partial charge in [0, 0.05) is 61.0 Å². The van der Waals surface area contributed by atoms with Gasteiger partial charge in [0.1, 0.15) is 40.7 Å². The van der Waals surface area contributed by atoms with Crippen LogP contribution in [-0.4, -0.2) is 51.6 Å². The number of hydrogen-bond acceptors (Lipinski definition) is 15. The summed E-state index contributed by atoms with van der Waals surface area (Å²) in [6.45, 7) is 5.79. The number of carbonyl (C=O) groups is 3. The van der Waals surface area contributed by atoms with Crippen LogP contribution in [0.25, 0.3) is 17.1 Å². The van der Waals surface area contributed by atoms with Crippen LogP contribution in [0.5, 0.6) is 0 Å². The summed E-state index contributed by atoms with van der Waals surface area (Å²) in [5.41, 5.74) is 20.1. The third kappa shape index (κ3) is 13.8. The zero-order valence-electron chi connectivity index (χ0n) is 46.8. The minimum absolute atomic E-state index is 0.0132. The van der Waals surface area contributed by atoms with Gasteiger partial charge in [-0.15, -0.1) is 0 Å². The molecule has 0 saturated carbocycles. The van der Waals surface area contributed by atoms with Crippen LogP contribution in [0, 0.1) is 64.9 Å². The van der Waals surface area contributed by atoms with Crippen molar-refractivity contribution in [2.75, 3.05) is 22.1 Å². The van der Waals surface area contributed by atoms with Crippen molar-refractivity contribution in [3.8, 4) is 35.3 Å². The average Bonchev–Trinajstić information content (AvgIpc) is 2.40. The van der Waals surface area contributed by atoms with E-state index in [0.29, 0.717) is 71.7 Å². The number of carbonyl (C=O) groups excluding carboxylic acids is 3. The van der Waals surface area contributed by atoms with Gasteiger partial charge < -0.3 is 22.1 Å². The van der Waals surface area contributed by atoms with Gasteiger partial charge in [-0.3, -0.25) is 24.5 Å². The van der Waals surface area contributed by atoms with Gasteiger partial charge >= 0.3 is 0 Å². The molecule has 22 heteroatoms. The third-order valence-electron chi connectivity index (χ3n) is 13.3. The van der Waals surface area contributed by atoms with E-state index in [4.69, 9.17) is 46.3 Å². The Kier molecular flexibility index (Phi) is 18.6. The summed E-state index contributed by atoms with van der Waals surface area (Å²) >= 11 is 17.9. The Labute approximate surface area is 518 Å². The zero-order valence-corrected chi connectivity index (χ0v) is 49.0. The monoisotopic (exact) mass is 1220 g/mol. The number of nitro groups is 1. The van der Waals surface area contributed by atoms with Crippen LogP contribution in [0.15, 0.2) is 194 Å². The topological polar surface area (TPSA) is 295 Å². The maximum absolute atomic E-state index is 13.2. The number of nitrogens with zero attached hydrogens (tertiary/aromatic N) is 10. The molecule has 0 bridgehead atoms. The molecule has 3 heterocycles. The third-order valence-corrected chi connectivity index (χ3v) is 14.1. The maximum atomic E-state index is 13.2. The van der Waals surface area contributed by atoms with Crippen molar-refractivity contribution < 1.29 is 19.3 Å². The molecule has 0 atom stereocenters. The van der Waals surface area contributed by atoms with Gasteiger partial charge in [-0.2, -0.15) is 31.1 Å². The molecule has 0 fully saturated rings. The number of hydrogen-bond donors (Lipinski definition) is 4. The predicted molar refractivity (Wildman–Crippen MR) is 339 cm³/mol. The lowest BCUT2D eigenvalue weighted by Gasteiger charge is -2.10. The van der Waals surface area contributed by atoms with Gasteiger partial charge in [0.2, 0.25) is 17.3 Å². The molecule has 0 radical (unpaired) electrons. The van der Waals surface area contributed by atoms with Crippen LogP contribution in [-0.2, 0) is 0 Å². The molecule has 0 spiro atoms. The van der Waals surface area contributed by atoms with Crippen molar-refractivity contribution in [1.82, 2.24) is 29.3 Å². The van der Waals surface area contributed by atoms with Gasteiger partial charge in [0.05, 0.1) is 22.0 Å². The second-order valence-electron chi connectivity index (χ2n) is 19.5. The predicted octanol–water partition coefficient (Wildman–Crippen LogP) is 14.4. The molecular formula is C66H47Cl3N14O5. The number of non-ortho nitro benzene ring substituents is 1. The SMILES string of the molecule is Cc1ccc(C(=O)c2nn(-c3ccc(Cl)cc3)c(N)c2C#N)cc1.Cc1ccc(C(=O)c2nn(-c3ccc(Cl)cc3)c(Nc3ccc(N)cc3)c2C#N)cc1.Cc1ccc(C(=O)c2nn(-c3ccc(Cl)cc3)c(Nc3ccc([N+](=O)[O-])cc3)c2C#N)cc1. The minimum atomic E-state index is -0.499. The van der Waals surface area contributed by atoms with E-state index < -0.39 is 10.7 Å². The van der Waals surface area contributed by atoms with Crippen molar-refractivity contribution >= 4 is 92.4 Å². The fourth-order valence-corrected chi connectivity index (χ4v) is 9.02. The summed E-state index contributed by atoms with van der Waals surface area (Å²) in [6, 6.07) is 60.7. The van der Waals surface area contributed by atoms with E-state index in [-0.39, 0.29) is 62.7 Å². The molecule has 88 heavy (non-hydrogen) atoms. The number of benzene rings is 8. The van der Waals surface area contributed by atoms with Gasteiger partial charge in [-0.05, 0) is 130 Å². The first-order valence-electron chi connectivity index (χ1n) is 26.4. The number of rotatable bonds is 14. The highest BCUT2D eigenvalue weighted by Crippen LogP contribution is 2.32. The summed E-state index contributed by atoms with van der Waals surface area (Å²) in [6.07, 6.45) is 0. The first-order valence-corrected chi connectivity index (χ1v) is 27.6. The van der Waals surface area contributed by atoms with E-state index in [9.17, 15) is 40.3 Å². The van der Waals surface area contributed by atoms with Crippen molar-refractivity contribution in [3.63, 3.8) is 0 Å². The van der Waals surface area contributed by atoms with Crippen molar-refractivity contribution in [2.24, 2.45) is 0 Å². The van der Waals surface area contributed by atoms with Gasteiger partial charge in [0.15, 0.2) is 28.7 Å². The molecule has 11 aromatic rings. The van der Waals surface area contributed by atoms with E-state index in [1.807, 2.05) is 63.2 Å². The summed E-state index contributed by atoms with van der Waals surface area (Å²) in [5, 5.41) is 61.4. The fourth-order valence-electron chi connectivity index (χ4n) is 8.65. The van der Waals surface area contributed by atoms with Crippen LogP contribution < -0.4 is 22.1 Å². The summed E-state index contributed by atoms with van der Waals surface area (Å²) in [5.74, 6) is -0.314. The van der Waals surface area contributed by atoms with Crippen molar-refractivity contribution in [1.29, 1.82) is 15.8 Å². The molecule has 0 aliphatic rings. The zero-order chi connectivity index (χ0) is 62.8. The molecule has 6 N–H and O–H groups in total. The second-order valence-corrected chi connectivity index (χ2v) is 20.8. The van der Waals surface area contributed by atoms with E-state index in [0.717, 1.165) is 16.7 Å². The highest BCUT2D eigenvalue weighted by atomic mass is 35.5. The minimum Gasteiger partial charge on any atom is -0.399 e. The van der Waals surface area contributed by atoms with E-state index >= 15 is 0 Å². The Hall–Kier alpha value is -11.7. The molecule has 11 rings (SSSR count).